The molecule has 6 nitrogen and oxygen atoms in total. The third-order valence-corrected chi connectivity index (χ3v) is 5.11. The van der Waals surface area contributed by atoms with Crippen molar-refractivity contribution in [2.75, 3.05) is 6.54 Å². The first kappa shape index (κ1) is 15.9. The van der Waals surface area contributed by atoms with Gasteiger partial charge < -0.3 is 10.2 Å². The monoisotopic (exact) mass is 338 g/mol. The maximum absolute atomic E-state index is 12.5. The molecule has 1 aliphatic heterocycles. The lowest BCUT2D eigenvalue weighted by Gasteiger charge is -2.18. The zero-order valence-corrected chi connectivity index (χ0v) is 14.2. The molecule has 0 radical (unpaired) electrons. The Kier molecular flexibility index (Phi) is 4.26. The SMILES string of the molecule is O=C(NCc1ccccc1CN1CCCC1=O)c1n[nH]c2c1CCC2. The first-order valence-corrected chi connectivity index (χ1v) is 8.91. The molecule has 1 aromatic heterocycles. The first-order chi connectivity index (χ1) is 12.2. The second-order valence-corrected chi connectivity index (χ2v) is 6.75. The molecule has 2 amide bonds. The Morgan fingerprint density at radius 2 is 2.00 bits per heavy atom. The number of likely N-dealkylation sites (tertiary alicyclic amines) is 1. The predicted octanol–water partition coefficient (Wildman–Crippen LogP) is 1.95. The van der Waals surface area contributed by atoms with Crippen molar-refractivity contribution in [3.63, 3.8) is 0 Å². The number of rotatable bonds is 5. The quantitative estimate of drug-likeness (QED) is 0.875. The van der Waals surface area contributed by atoms with Gasteiger partial charge in [0.2, 0.25) is 5.91 Å². The molecule has 0 atom stereocenters. The number of hydrogen-bond donors (Lipinski definition) is 2. The summed E-state index contributed by atoms with van der Waals surface area (Å²) >= 11 is 0. The van der Waals surface area contributed by atoms with Crippen LogP contribution in [0.1, 0.15) is 52.1 Å². The van der Waals surface area contributed by atoms with Gasteiger partial charge in [0, 0.05) is 37.3 Å². The van der Waals surface area contributed by atoms with Gasteiger partial charge in [-0.25, -0.2) is 0 Å². The lowest BCUT2D eigenvalue weighted by Crippen LogP contribution is -2.27. The van der Waals surface area contributed by atoms with Crippen molar-refractivity contribution in [3.8, 4) is 0 Å². The van der Waals surface area contributed by atoms with E-state index in [-0.39, 0.29) is 11.8 Å². The number of benzene rings is 1. The van der Waals surface area contributed by atoms with E-state index in [4.69, 9.17) is 0 Å². The fraction of sp³-hybridized carbons (Fsp3) is 0.421. The second kappa shape index (κ2) is 6.70. The van der Waals surface area contributed by atoms with Crippen LogP contribution in [-0.4, -0.2) is 33.5 Å². The van der Waals surface area contributed by atoms with Crippen LogP contribution in [0.25, 0.3) is 0 Å². The van der Waals surface area contributed by atoms with E-state index in [1.807, 2.05) is 29.2 Å². The van der Waals surface area contributed by atoms with Gasteiger partial charge in [-0.1, -0.05) is 24.3 Å². The number of H-pyrrole nitrogens is 1. The number of carbonyl (C=O) groups excluding carboxylic acids is 2. The van der Waals surface area contributed by atoms with Gasteiger partial charge >= 0.3 is 0 Å². The van der Waals surface area contributed by atoms with Gasteiger partial charge in [0.05, 0.1) is 0 Å². The number of nitrogens with zero attached hydrogens (tertiary/aromatic N) is 2. The zero-order chi connectivity index (χ0) is 17.2. The summed E-state index contributed by atoms with van der Waals surface area (Å²) in [7, 11) is 0. The molecule has 2 aliphatic rings. The van der Waals surface area contributed by atoms with Gasteiger partial charge in [0.25, 0.3) is 5.91 Å². The summed E-state index contributed by atoms with van der Waals surface area (Å²) in [4.78, 5) is 26.2. The molecule has 2 heterocycles. The minimum atomic E-state index is -0.133. The molecule has 6 heteroatoms. The minimum Gasteiger partial charge on any atom is -0.347 e. The molecule has 1 aromatic carbocycles. The fourth-order valence-corrected chi connectivity index (χ4v) is 3.73. The average Bonchev–Trinajstić information content (AvgIpc) is 3.31. The Morgan fingerprint density at radius 1 is 1.16 bits per heavy atom. The molecule has 0 unspecified atom stereocenters. The number of aryl methyl sites for hydroxylation is 1. The highest BCUT2D eigenvalue weighted by Gasteiger charge is 2.23. The van der Waals surface area contributed by atoms with E-state index in [0.717, 1.165) is 54.6 Å². The molecule has 1 saturated heterocycles. The van der Waals surface area contributed by atoms with Crippen molar-refractivity contribution >= 4 is 11.8 Å². The highest BCUT2D eigenvalue weighted by molar-refractivity contribution is 5.94. The van der Waals surface area contributed by atoms with Gasteiger partial charge in [-0.05, 0) is 36.8 Å². The highest BCUT2D eigenvalue weighted by Crippen LogP contribution is 2.23. The molecule has 0 bridgehead atoms. The van der Waals surface area contributed by atoms with Gasteiger partial charge in [0.15, 0.2) is 5.69 Å². The summed E-state index contributed by atoms with van der Waals surface area (Å²) in [5.41, 5.74) is 4.82. The van der Waals surface area contributed by atoms with Crippen LogP contribution in [-0.2, 0) is 30.7 Å². The summed E-state index contributed by atoms with van der Waals surface area (Å²) in [5, 5.41) is 10.1. The Hall–Kier alpha value is -2.63. The van der Waals surface area contributed by atoms with Crippen LogP contribution in [0.3, 0.4) is 0 Å². The van der Waals surface area contributed by atoms with Gasteiger partial charge in [-0.2, -0.15) is 5.10 Å². The molecule has 0 saturated carbocycles. The third-order valence-electron chi connectivity index (χ3n) is 5.11. The third kappa shape index (κ3) is 3.16. The zero-order valence-electron chi connectivity index (χ0n) is 14.2. The van der Waals surface area contributed by atoms with Crippen LogP contribution in [0.15, 0.2) is 24.3 Å². The van der Waals surface area contributed by atoms with E-state index >= 15 is 0 Å². The van der Waals surface area contributed by atoms with Crippen molar-refractivity contribution in [1.29, 1.82) is 0 Å². The maximum atomic E-state index is 12.5. The van der Waals surface area contributed by atoms with Gasteiger partial charge in [-0.15, -0.1) is 0 Å². The number of aromatic amines is 1. The van der Waals surface area contributed by atoms with Gasteiger partial charge in [0.1, 0.15) is 0 Å². The molecule has 1 aliphatic carbocycles. The van der Waals surface area contributed by atoms with E-state index in [9.17, 15) is 9.59 Å². The topological polar surface area (TPSA) is 78.1 Å². The Labute approximate surface area is 146 Å². The predicted molar refractivity (Wildman–Crippen MR) is 92.9 cm³/mol. The minimum absolute atomic E-state index is 0.133. The van der Waals surface area contributed by atoms with Crippen LogP contribution < -0.4 is 5.32 Å². The van der Waals surface area contributed by atoms with Crippen LogP contribution in [0.2, 0.25) is 0 Å². The lowest BCUT2D eigenvalue weighted by atomic mass is 10.1. The van der Waals surface area contributed by atoms with Crippen molar-refractivity contribution < 1.29 is 9.59 Å². The molecular formula is C19H22N4O2. The molecule has 130 valence electrons. The number of nitrogens with one attached hydrogen (secondary N) is 2. The van der Waals surface area contributed by atoms with Crippen LogP contribution in [0, 0.1) is 0 Å². The van der Waals surface area contributed by atoms with E-state index < -0.39 is 0 Å². The maximum Gasteiger partial charge on any atom is 0.272 e. The number of amides is 2. The van der Waals surface area contributed by atoms with Crippen molar-refractivity contribution in [2.24, 2.45) is 0 Å². The molecule has 4 rings (SSSR count). The molecular weight excluding hydrogens is 316 g/mol. The summed E-state index contributed by atoms with van der Waals surface area (Å²) in [6.07, 6.45) is 4.55. The summed E-state index contributed by atoms with van der Waals surface area (Å²) in [6.45, 7) is 1.88. The van der Waals surface area contributed by atoms with Crippen LogP contribution in [0.5, 0.6) is 0 Å². The number of aromatic nitrogens is 2. The molecule has 2 N–H and O–H groups in total. The van der Waals surface area contributed by atoms with Crippen molar-refractivity contribution in [2.45, 2.75) is 45.2 Å². The highest BCUT2D eigenvalue weighted by atomic mass is 16.2. The number of hydrogen-bond acceptors (Lipinski definition) is 3. The smallest absolute Gasteiger partial charge is 0.272 e. The van der Waals surface area contributed by atoms with E-state index in [2.05, 4.69) is 15.5 Å². The van der Waals surface area contributed by atoms with Crippen LogP contribution in [0.4, 0.5) is 0 Å². The molecule has 1 fully saturated rings. The van der Waals surface area contributed by atoms with E-state index in [1.165, 1.54) is 0 Å². The Bertz CT molecular complexity index is 812. The normalized spacial score (nSPS) is 16.3. The second-order valence-electron chi connectivity index (χ2n) is 6.75. The van der Waals surface area contributed by atoms with Crippen molar-refractivity contribution in [3.05, 3.63) is 52.3 Å². The van der Waals surface area contributed by atoms with Gasteiger partial charge in [-0.3, -0.25) is 14.7 Å². The molecule has 2 aromatic rings. The van der Waals surface area contributed by atoms with E-state index in [0.29, 0.717) is 25.2 Å². The number of carbonyl (C=O) groups is 2. The lowest BCUT2D eigenvalue weighted by molar-refractivity contribution is -0.128. The molecule has 0 spiro atoms. The first-order valence-electron chi connectivity index (χ1n) is 8.91. The fourth-order valence-electron chi connectivity index (χ4n) is 3.73. The summed E-state index contributed by atoms with van der Waals surface area (Å²) < 4.78 is 0. The standard InChI is InChI=1S/C19H22N4O2/c24-17-9-4-10-23(17)12-14-6-2-1-5-13(14)11-20-19(25)18-15-7-3-8-16(15)21-22-18/h1-2,5-6H,3-4,7-12H2,(H,20,25)(H,21,22). The summed E-state index contributed by atoms with van der Waals surface area (Å²) in [5.74, 6) is 0.0809. The largest absolute Gasteiger partial charge is 0.347 e. The Balaban J connectivity index is 1.44. The number of fused-ring (bicyclic) bond motifs is 1. The van der Waals surface area contributed by atoms with Crippen molar-refractivity contribution in [1.82, 2.24) is 20.4 Å². The summed E-state index contributed by atoms with van der Waals surface area (Å²) in [6, 6.07) is 7.97. The van der Waals surface area contributed by atoms with Crippen LogP contribution >= 0.6 is 0 Å². The molecule has 25 heavy (non-hydrogen) atoms. The van der Waals surface area contributed by atoms with E-state index in [1.54, 1.807) is 0 Å². The average molecular weight is 338 g/mol. The Morgan fingerprint density at radius 3 is 2.80 bits per heavy atom.